The first kappa shape index (κ1) is 11.7. The van der Waals surface area contributed by atoms with Gasteiger partial charge >= 0.3 is 0 Å². The molecule has 2 aromatic rings. The van der Waals surface area contributed by atoms with Crippen LogP contribution in [0, 0.1) is 0 Å². The molecule has 0 radical (unpaired) electrons. The number of nitrogen functional groups attached to an aromatic ring is 1. The average molecular weight is 263 g/mol. The van der Waals surface area contributed by atoms with Crippen LogP contribution < -0.4 is 16.2 Å². The molecule has 0 amide bonds. The molecule has 0 spiro atoms. The van der Waals surface area contributed by atoms with Crippen molar-refractivity contribution in [3.8, 4) is 0 Å². The lowest BCUT2D eigenvalue weighted by atomic mass is 10.0. The third-order valence-electron chi connectivity index (χ3n) is 3.51. The van der Waals surface area contributed by atoms with Crippen LogP contribution in [0.25, 0.3) is 10.2 Å². The zero-order valence-corrected chi connectivity index (χ0v) is 11.2. The Kier molecular flexibility index (Phi) is 3.05. The van der Waals surface area contributed by atoms with E-state index in [2.05, 4.69) is 38.7 Å². The first-order valence-corrected chi connectivity index (χ1v) is 7.16. The van der Waals surface area contributed by atoms with E-state index in [0.29, 0.717) is 12.0 Å². The number of piperidine rings is 1. The predicted molar refractivity (Wildman–Crippen MR) is 75.9 cm³/mol. The van der Waals surface area contributed by atoms with Gasteiger partial charge in [0.15, 0.2) is 0 Å². The van der Waals surface area contributed by atoms with Gasteiger partial charge in [0.05, 0.1) is 5.39 Å². The van der Waals surface area contributed by atoms with Crippen molar-refractivity contribution in [2.45, 2.75) is 32.2 Å². The van der Waals surface area contributed by atoms with Gasteiger partial charge in [-0.25, -0.2) is 10.8 Å². The number of hydrazine groups is 1. The Labute approximate surface area is 110 Å². The number of hydrogen-bond donors (Lipinski definition) is 2. The lowest BCUT2D eigenvalue weighted by molar-refractivity contribution is 0.482. The van der Waals surface area contributed by atoms with Crippen LogP contribution >= 0.6 is 11.3 Å². The molecule has 1 atom stereocenters. The highest BCUT2D eigenvalue weighted by Gasteiger charge is 2.22. The van der Waals surface area contributed by atoms with Crippen LogP contribution in [0.3, 0.4) is 0 Å². The first-order valence-electron chi connectivity index (χ1n) is 6.28. The monoisotopic (exact) mass is 263 g/mol. The molecule has 3 N–H and O–H groups in total. The fraction of sp³-hybridized carbons (Fsp3) is 0.500. The van der Waals surface area contributed by atoms with Gasteiger partial charge in [-0.15, -0.1) is 11.3 Å². The van der Waals surface area contributed by atoms with Gasteiger partial charge in [-0.1, -0.05) is 0 Å². The fourth-order valence-electron chi connectivity index (χ4n) is 2.54. The van der Waals surface area contributed by atoms with Gasteiger partial charge < -0.3 is 4.90 Å². The van der Waals surface area contributed by atoms with Crippen molar-refractivity contribution in [3.63, 3.8) is 0 Å². The minimum absolute atomic E-state index is 0.498. The number of nitrogens with zero attached hydrogens (tertiary/aromatic N) is 3. The van der Waals surface area contributed by atoms with E-state index in [0.717, 1.165) is 22.6 Å². The Bertz CT molecular complexity index is 552. The lowest BCUT2D eigenvalue weighted by Crippen LogP contribution is -2.38. The van der Waals surface area contributed by atoms with Crippen molar-refractivity contribution in [1.29, 1.82) is 0 Å². The minimum atomic E-state index is 0.498. The van der Waals surface area contributed by atoms with Gasteiger partial charge in [0.25, 0.3) is 0 Å². The van der Waals surface area contributed by atoms with E-state index in [4.69, 9.17) is 5.84 Å². The van der Waals surface area contributed by atoms with Gasteiger partial charge in [0, 0.05) is 12.6 Å². The third kappa shape index (κ3) is 1.91. The highest BCUT2D eigenvalue weighted by atomic mass is 32.1. The van der Waals surface area contributed by atoms with E-state index in [1.807, 2.05) is 0 Å². The SMILES string of the molecule is CC1CCCCN1c1nc(NN)nc2sccc12. The number of anilines is 2. The number of hydrogen-bond acceptors (Lipinski definition) is 6. The highest BCUT2D eigenvalue weighted by molar-refractivity contribution is 7.16. The number of thiophene rings is 1. The average Bonchev–Trinajstić information content (AvgIpc) is 2.86. The summed E-state index contributed by atoms with van der Waals surface area (Å²) in [5.74, 6) is 6.97. The molecule has 2 aromatic heterocycles. The van der Waals surface area contributed by atoms with Crippen LogP contribution in [0.1, 0.15) is 26.2 Å². The molecule has 6 heteroatoms. The van der Waals surface area contributed by atoms with E-state index in [1.54, 1.807) is 11.3 Å². The van der Waals surface area contributed by atoms with Gasteiger partial charge in [0.1, 0.15) is 10.6 Å². The number of nitrogens with one attached hydrogen (secondary N) is 1. The van der Waals surface area contributed by atoms with Gasteiger partial charge in [0.2, 0.25) is 5.95 Å². The quantitative estimate of drug-likeness (QED) is 0.643. The van der Waals surface area contributed by atoms with E-state index in [1.165, 1.54) is 19.3 Å². The Morgan fingerprint density at radius 1 is 1.44 bits per heavy atom. The molecule has 3 heterocycles. The van der Waals surface area contributed by atoms with Crippen molar-refractivity contribution in [1.82, 2.24) is 9.97 Å². The van der Waals surface area contributed by atoms with Crippen molar-refractivity contribution in [2.75, 3.05) is 16.9 Å². The number of fused-ring (bicyclic) bond motifs is 1. The predicted octanol–water partition coefficient (Wildman–Crippen LogP) is 2.36. The maximum Gasteiger partial charge on any atom is 0.240 e. The summed E-state index contributed by atoms with van der Waals surface area (Å²) in [5, 5.41) is 3.19. The van der Waals surface area contributed by atoms with Gasteiger partial charge in [-0.3, -0.25) is 5.43 Å². The standard InChI is InChI=1S/C12H17N5S/c1-8-4-2-3-6-17(8)10-9-5-7-18-11(9)15-12(14-10)16-13/h5,7-8H,2-4,6,13H2,1H3,(H,14,15,16). The molecule has 1 aliphatic heterocycles. The third-order valence-corrected chi connectivity index (χ3v) is 4.32. The van der Waals surface area contributed by atoms with Crippen molar-refractivity contribution in [3.05, 3.63) is 11.4 Å². The molecule has 0 aromatic carbocycles. The smallest absolute Gasteiger partial charge is 0.240 e. The van der Waals surface area contributed by atoms with Gasteiger partial charge in [-0.05, 0) is 37.6 Å². The van der Waals surface area contributed by atoms with E-state index >= 15 is 0 Å². The van der Waals surface area contributed by atoms with Crippen LogP contribution in [0.5, 0.6) is 0 Å². The number of aromatic nitrogens is 2. The highest BCUT2D eigenvalue weighted by Crippen LogP contribution is 2.32. The van der Waals surface area contributed by atoms with Crippen LogP contribution in [-0.4, -0.2) is 22.6 Å². The molecular formula is C12H17N5S. The van der Waals surface area contributed by atoms with Crippen LogP contribution in [0.4, 0.5) is 11.8 Å². The summed E-state index contributed by atoms with van der Waals surface area (Å²) in [7, 11) is 0. The number of rotatable bonds is 2. The molecular weight excluding hydrogens is 246 g/mol. The zero-order valence-electron chi connectivity index (χ0n) is 10.4. The molecule has 0 aliphatic carbocycles. The lowest BCUT2D eigenvalue weighted by Gasteiger charge is -2.34. The summed E-state index contributed by atoms with van der Waals surface area (Å²) in [6.07, 6.45) is 3.75. The molecule has 5 nitrogen and oxygen atoms in total. The Balaban J connectivity index is 2.10. The second kappa shape index (κ2) is 4.70. The molecule has 1 saturated heterocycles. The molecule has 0 saturated carbocycles. The van der Waals surface area contributed by atoms with E-state index in [-0.39, 0.29) is 0 Å². The molecule has 1 fully saturated rings. The molecule has 3 rings (SSSR count). The summed E-state index contributed by atoms with van der Waals surface area (Å²) < 4.78 is 0. The Morgan fingerprint density at radius 3 is 3.11 bits per heavy atom. The summed E-state index contributed by atoms with van der Waals surface area (Å²) >= 11 is 1.62. The Hall–Kier alpha value is -1.40. The molecule has 1 unspecified atom stereocenters. The normalized spacial score (nSPS) is 20.3. The van der Waals surface area contributed by atoms with Gasteiger partial charge in [-0.2, -0.15) is 4.98 Å². The number of nitrogens with two attached hydrogens (primary N) is 1. The maximum absolute atomic E-state index is 5.45. The summed E-state index contributed by atoms with van der Waals surface area (Å²) in [6.45, 7) is 3.32. The summed E-state index contributed by atoms with van der Waals surface area (Å²) in [4.78, 5) is 12.3. The summed E-state index contributed by atoms with van der Waals surface area (Å²) in [5.41, 5.74) is 2.56. The van der Waals surface area contributed by atoms with Crippen molar-refractivity contribution < 1.29 is 0 Å². The van der Waals surface area contributed by atoms with E-state index < -0.39 is 0 Å². The first-order chi connectivity index (χ1) is 8.79. The minimum Gasteiger partial charge on any atom is -0.353 e. The van der Waals surface area contributed by atoms with E-state index in [9.17, 15) is 0 Å². The van der Waals surface area contributed by atoms with Crippen LogP contribution in [-0.2, 0) is 0 Å². The second-order valence-electron chi connectivity index (χ2n) is 4.69. The molecule has 18 heavy (non-hydrogen) atoms. The van der Waals surface area contributed by atoms with Crippen LogP contribution in [0.2, 0.25) is 0 Å². The van der Waals surface area contributed by atoms with Crippen molar-refractivity contribution >= 4 is 33.3 Å². The Morgan fingerprint density at radius 2 is 2.33 bits per heavy atom. The molecule has 0 bridgehead atoms. The maximum atomic E-state index is 5.45. The molecule has 1 aliphatic rings. The second-order valence-corrected chi connectivity index (χ2v) is 5.59. The van der Waals surface area contributed by atoms with Crippen LogP contribution in [0.15, 0.2) is 11.4 Å². The fourth-order valence-corrected chi connectivity index (χ4v) is 3.29. The topological polar surface area (TPSA) is 67.1 Å². The van der Waals surface area contributed by atoms with Crippen molar-refractivity contribution in [2.24, 2.45) is 5.84 Å². The summed E-state index contributed by atoms with van der Waals surface area (Å²) in [6, 6.07) is 2.62. The largest absolute Gasteiger partial charge is 0.353 e. The zero-order chi connectivity index (χ0) is 12.5. The molecule has 96 valence electrons.